The monoisotopic (exact) mass is 273 g/mol. The van der Waals surface area contributed by atoms with Gasteiger partial charge in [-0.1, -0.05) is 0 Å². The minimum absolute atomic E-state index is 0.288. The number of imidazole rings is 1. The van der Waals surface area contributed by atoms with E-state index in [-0.39, 0.29) is 5.82 Å². The Bertz CT molecular complexity index is 750. The second-order valence-electron chi connectivity index (χ2n) is 4.94. The van der Waals surface area contributed by atoms with E-state index in [0.717, 1.165) is 24.3 Å². The van der Waals surface area contributed by atoms with Crippen LogP contribution < -0.4 is 5.32 Å². The molecule has 5 nitrogen and oxygen atoms in total. The van der Waals surface area contributed by atoms with Crippen LogP contribution in [0.5, 0.6) is 0 Å². The second kappa shape index (κ2) is 5.05. The number of aromatic nitrogens is 3. The molecule has 0 saturated heterocycles. The fraction of sp³-hybridized carbons (Fsp3) is 0.286. The first-order valence-corrected chi connectivity index (χ1v) is 6.46. The average molecular weight is 273 g/mol. The van der Waals surface area contributed by atoms with Gasteiger partial charge in [-0.05, 0) is 26.2 Å². The molecule has 1 N–H and O–H groups in total. The van der Waals surface area contributed by atoms with E-state index < -0.39 is 0 Å². The largest absolute Gasteiger partial charge is 0.366 e. The Morgan fingerprint density at radius 2 is 2.20 bits per heavy atom. The fourth-order valence-corrected chi connectivity index (χ4v) is 2.15. The van der Waals surface area contributed by atoms with Crippen LogP contribution in [0.3, 0.4) is 0 Å². The van der Waals surface area contributed by atoms with E-state index in [1.165, 1.54) is 12.1 Å². The molecular formula is C14H16FN5. The Kier molecular flexibility index (Phi) is 3.23. The maximum atomic E-state index is 13.4. The zero-order chi connectivity index (χ0) is 14.1. The minimum atomic E-state index is -0.288. The zero-order valence-corrected chi connectivity index (χ0v) is 11.5. The van der Waals surface area contributed by atoms with Gasteiger partial charge in [0, 0.05) is 31.5 Å². The van der Waals surface area contributed by atoms with Crippen LogP contribution in [-0.2, 0) is 0 Å². The third-order valence-corrected chi connectivity index (χ3v) is 3.13. The molecule has 0 amide bonds. The van der Waals surface area contributed by atoms with Gasteiger partial charge < -0.3 is 10.2 Å². The molecule has 20 heavy (non-hydrogen) atoms. The molecule has 0 fully saturated rings. The summed E-state index contributed by atoms with van der Waals surface area (Å²) in [5, 5.41) is 3.26. The number of nitrogens with one attached hydrogen (secondary N) is 1. The van der Waals surface area contributed by atoms with Crippen LogP contribution in [0.15, 0.2) is 30.6 Å². The highest BCUT2D eigenvalue weighted by atomic mass is 19.1. The van der Waals surface area contributed by atoms with Crippen LogP contribution in [-0.4, -0.2) is 46.5 Å². The van der Waals surface area contributed by atoms with Crippen LogP contribution >= 0.6 is 0 Å². The molecule has 6 heteroatoms. The van der Waals surface area contributed by atoms with Crippen molar-refractivity contribution in [3.63, 3.8) is 0 Å². The smallest absolute Gasteiger partial charge is 0.180 e. The van der Waals surface area contributed by atoms with Gasteiger partial charge in [0.05, 0.1) is 11.0 Å². The van der Waals surface area contributed by atoms with Crippen molar-refractivity contribution in [3.05, 3.63) is 36.4 Å². The molecule has 104 valence electrons. The number of hydrogen-bond acceptors (Lipinski definition) is 4. The van der Waals surface area contributed by atoms with Gasteiger partial charge in [0.15, 0.2) is 11.5 Å². The SMILES string of the molecule is CN(C)CCNc1nc2cc(F)ccc2n2ccnc12. The summed E-state index contributed by atoms with van der Waals surface area (Å²) in [7, 11) is 4.02. The summed E-state index contributed by atoms with van der Waals surface area (Å²) in [5.74, 6) is 0.388. The summed E-state index contributed by atoms with van der Waals surface area (Å²) in [6.07, 6.45) is 3.57. The number of likely N-dealkylation sites (N-methyl/N-ethyl adjacent to an activating group) is 1. The molecule has 0 aliphatic rings. The number of anilines is 1. The zero-order valence-electron chi connectivity index (χ0n) is 11.5. The van der Waals surface area contributed by atoms with Gasteiger partial charge in [-0.3, -0.25) is 4.40 Å². The number of hydrogen-bond donors (Lipinski definition) is 1. The van der Waals surface area contributed by atoms with E-state index >= 15 is 0 Å². The van der Waals surface area contributed by atoms with Crippen LogP contribution in [0.2, 0.25) is 0 Å². The minimum Gasteiger partial charge on any atom is -0.366 e. The van der Waals surface area contributed by atoms with Crippen molar-refractivity contribution in [3.8, 4) is 0 Å². The highest BCUT2D eigenvalue weighted by molar-refractivity contribution is 5.82. The van der Waals surface area contributed by atoms with Crippen molar-refractivity contribution < 1.29 is 4.39 Å². The Morgan fingerprint density at radius 1 is 1.35 bits per heavy atom. The molecule has 1 aromatic carbocycles. The molecule has 0 aliphatic carbocycles. The number of nitrogens with zero attached hydrogens (tertiary/aromatic N) is 4. The summed E-state index contributed by atoms with van der Waals surface area (Å²) < 4.78 is 15.3. The Morgan fingerprint density at radius 3 is 3.00 bits per heavy atom. The van der Waals surface area contributed by atoms with Crippen LogP contribution in [0.1, 0.15) is 0 Å². The lowest BCUT2D eigenvalue weighted by Crippen LogP contribution is -2.21. The van der Waals surface area contributed by atoms with Crippen molar-refractivity contribution in [2.45, 2.75) is 0 Å². The van der Waals surface area contributed by atoms with Crippen LogP contribution in [0.4, 0.5) is 10.2 Å². The number of rotatable bonds is 4. The van der Waals surface area contributed by atoms with Gasteiger partial charge >= 0.3 is 0 Å². The van der Waals surface area contributed by atoms with Crippen molar-refractivity contribution in [1.82, 2.24) is 19.3 Å². The van der Waals surface area contributed by atoms with Crippen molar-refractivity contribution in [2.75, 3.05) is 32.5 Å². The van der Waals surface area contributed by atoms with Crippen molar-refractivity contribution in [2.24, 2.45) is 0 Å². The molecule has 0 radical (unpaired) electrons. The molecule has 0 aliphatic heterocycles. The Labute approximate surface area is 116 Å². The van der Waals surface area contributed by atoms with E-state index in [1.54, 1.807) is 12.3 Å². The molecule has 0 atom stereocenters. The molecule has 3 rings (SSSR count). The second-order valence-corrected chi connectivity index (χ2v) is 4.94. The van der Waals surface area contributed by atoms with E-state index in [1.807, 2.05) is 24.7 Å². The fourth-order valence-electron chi connectivity index (χ4n) is 2.15. The highest BCUT2D eigenvalue weighted by Crippen LogP contribution is 2.21. The molecule has 2 aromatic heterocycles. The Balaban J connectivity index is 2.07. The molecule has 0 spiro atoms. The molecule has 2 heterocycles. The molecule has 0 unspecified atom stereocenters. The first-order chi connectivity index (χ1) is 9.65. The maximum Gasteiger partial charge on any atom is 0.180 e. The van der Waals surface area contributed by atoms with E-state index in [4.69, 9.17) is 0 Å². The topological polar surface area (TPSA) is 45.5 Å². The van der Waals surface area contributed by atoms with Gasteiger partial charge in [0.1, 0.15) is 5.82 Å². The summed E-state index contributed by atoms with van der Waals surface area (Å²) in [6.45, 7) is 1.64. The first-order valence-electron chi connectivity index (χ1n) is 6.46. The standard InChI is InChI=1S/C14H16FN5/c1-19(2)7-5-16-13-14-17-6-8-20(14)12-4-3-10(15)9-11(12)18-13/h3-4,6,8-9H,5,7H2,1-2H3,(H,16,18). The number of halogens is 1. The summed E-state index contributed by atoms with van der Waals surface area (Å²) in [4.78, 5) is 10.9. The van der Waals surface area contributed by atoms with Crippen molar-refractivity contribution >= 4 is 22.5 Å². The third kappa shape index (κ3) is 2.30. The summed E-state index contributed by atoms with van der Waals surface area (Å²) in [6, 6.07) is 4.59. The number of benzene rings is 1. The van der Waals surface area contributed by atoms with Gasteiger partial charge in [0.2, 0.25) is 0 Å². The third-order valence-electron chi connectivity index (χ3n) is 3.13. The molecule has 0 bridgehead atoms. The predicted octanol–water partition coefficient (Wildman–Crippen LogP) is 2.00. The van der Waals surface area contributed by atoms with E-state index in [9.17, 15) is 4.39 Å². The average Bonchev–Trinajstić information content (AvgIpc) is 2.87. The molecular weight excluding hydrogens is 257 g/mol. The quantitative estimate of drug-likeness (QED) is 0.789. The van der Waals surface area contributed by atoms with Crippen molar-refractivity contribution in [1.29, 1.82) is 0 Å². The van der Waals surface area contributed by atoms with Gasteiger partial charge in [-0.25, -0.2) is 14.4 Å². The predicted molar refractivity (Wildman–Crippen MR) is 77.5 cm³/mol. The lowest BCUT2D eigenvalue weighted by atomic mass is 10.3. The van der Waals surface area contributed by atoms with Crippen LogP contribution in [0, 0.1) is 5.82 Å². The van der Waals surface area contributed by atoms with E-state index in [2.05, 4.69) is 20.2 Å². The summed E-state index contributed by atoms with van der Waals surface area (Å²) >= 11 is 0. The Hall–Kier alpha value is -2.21. The maximum absolute atomic E-state index is 13.4. The molecule has 0 saturated carbocycles. The van der Waals surface area contributed by atoms with E-state index in [0.29, 0.717) is 11.3 Å². The van der Waals surface area contributed by atoms with Crippen LogP contribution in [0.25, 0.3) is 16.7 Å². The summed E-state index contributed by atoms with van der Waals surface area (Å²) in [5.41, 5.74) is 2.21. The lowest BCUT2D eigenvalue weighted by Gasteiger charge is -2.12. The number of fused-ring (bicyclic) bond motifs is 3. The lowest BCUT2D eigenvalue weighted by molar-refractivity contribution is 0.425. The van der Waals surface area contributed by atoms with Gasteiger partial charge in [0.25, 0.3) is 0 Å². The van der Waals surface area contributed by atoms with Gasteiger partial charge in [-0.2, -0.15) is 0 Å². The first kappa shape index (κ1) is 12.8. The van der Waals surface area contributed by atoms with Gasteiger partial charge in [-0.15, -0.1) is 0 Å². The molecule has 3 aromatic rings. The highest BCUT2D eigenvalue weighted by Gasteiger charge is 2.09. The normalized spacial score (nSPS) is 11.6.